The van der Waals surface area contributed by atoms with Gasteiger partial charge in [0.2, 0.25) is 5.91 Å². The van der Waals surface area contributed by atoms with Gasteiger partial charge < -0.3 is 9.88 Å². The first kappa shape index (κ1) is 17.0. The van der Waals surface area contributed by atoms with Gasteiger partial charge in [-0.3, -0.25) is 9.59 Å². The smallest absolute Gasteiger partial charge is 0.307 e. The van der Waals surface area contributed by atoms with E-state index in [4.69, 9.17) is 0 Å². The Morgan fingerprint density at radius 2 is 2.00 bits per heavy atom. The summed E-state index contributed by atoms with van der Waals surface area (Å²) in [5.41, 5.74) is 3.40. The Balaban J connectivity index is 1.54. The summed E-state index contributed by atoms with van der Waals surface area (Å²) in [6, 6.07) is 8.56. The molecule has 1 aliphatic rings. The van der Waals surface area contributed by atoms with Gasteiger partial charge >= 0.3 is 4.87 Å². The van der Waals surface area contributed by atoms with Crippen LogP contribution in [0.25, 0.3) is 0 Å². The second-order valence-electron chi connectivity index (χ2n) is 6.69. The Bertz CT molecular complexity index is 756. The molecule has 1 fully saturated rings. The number of nitrogens with one attached hydrogen (secondary N) is 1. The van der Waals surface area contributed by atoms with E-state index in [2.05, 4.69) is 36.5 Å². The molecule has 0 spiro atoms. The molecular weight excluding hydrogens is 320 g/mol. The van der Waals surface area contributed by atoms with Crippen molar-refractivity contribution in [1.29, 1.82) is 0 Å². The lowest BCUT2D eigenvalue weighted by Gasteiger charge is -2.19. The van der Waals surface area contributed by atoms with Crippen molar-refractivity contribution in [3.05, 3.63) is 56.1 Å². The predicted octanol–water partition coefficient (Wildman–Crippen LogP) is 3.57. The number of thiazole rings is 1. The van der Waals surface area contributed by atoms with E-state index in [-0.39, 0.29) is 16.8 Å². The Labute approximate surface area is 146 Å². The molecule has 0 aliphatic heterocycles. The van der Waals surface area contributed by atoms with Crippen molar-refractivity contribution in [2.75, 3.05) is 0 Å². The zero-order valence-corrected chi connectivity index (χ0v) is 15.1. The van der Waals surface area contributed by atoms with Crippen LogP contribution in [0.5, 0.6) is 0 Å². The summed E-state index contributed by atoms with van der Waals surface area (Å²) in [6.07, 6.45) is 3.51. The largest absolute Gasteiger partial charge is 0.349 e. The molecular formula is C19H24N2O2S. The van der Waals surface area contributed by atoms with Gasteiger partial charge in [-0.25, -0.2) is 0 Å². The van der Waals surface area contributed by atoms with Gasteiger partial charge in [-0.15, -0.1) is 0 Å². The van der Waals surface area contributed by atoms with E-state index >= 15 is 0 Å². The molecule has 1 aromatic heterocycles. The van der Waals surface area contributed by atoms with E-state index in [0.29, 0.717) is 25.3 Å². The third-order valence-electron chi connectivity index (χ3n) is 4.61. The molecule has 5 heteroatoms. The van der Waals surface area contributed by atoms with Gasteiger partial charge in [0, 0.05) is 24.0 Å². The molecule has 0 saturated heterocycles. The zero-order valence-electron chi connectivity index (χ0n) is 14.2. The van der Waals surface area contributed by atoms with Crippen LogP contribution in [-0.2, 0) is 11.3 Å². The Hall–Kier alpha value is -1.88. The minimum absolute atomic E-state index is 0.0587. The maximum atomic E-state index is 12.3. The number of aryl methyl sites for hydroxylation is 2. The number of benzene rings is 1. The summed E-state index contributed by atoms with van der Waals surface area (Å²) >= 11 is 1.22. The predicted molar refractivity (Wildman–Crippen MR) is 97.3 cm³/mol. The van der Waals surface area contributed by atoms with Crippen molar-refractivity contribution in [2.24, 2.45) is 5.92 Å². The average Bonchev–Trinajstić information content (AvgIpc) is 3.35. The molecule has 1 heterocycles. The van der Waals surface area contributed by atoms with Gasteiger partial charge in [0.15, 0.2) is 0 Å². The van der Waals surface area contributed by atoms with E-state index in [1.807, 2.05) is 12.3 Å². The highest BCUT2D eigenvalue weighted by Gasteiger charge is 2.33. The Kier molecular flexibility index (Phi) is 5.19. The quantitative estimate of drug-likeness (QED) is 0.835. The maximum absolute atomic E-state index is 12.3. The molecule has 1 aromatic carbocycles. The number of carbonyl (C=O) groups excluding carboxylic acids is 1. The number of amides is 1. The molecule has 0 bridgehead atoms. The van der Waals surface area contributed by atoms with Crippen LogP contribution < -0.4 is 10.2 Å². The van der Waals surface area contributed by atoms with Crippen LogP contribution in [0.2, 0.25) is 0 Å². The molecule has 1 unspecified atom stereocenters. The van der Waals surface area contributed by atoms with Crippen LogP contribution in [0.15, 0.2) is 34.4 Å². The van der Waals surface area contributed by atoms with Gasteiger partial charge in [-0.2, -0.15) is 0 Å². The minimum Gasteiger partial charge on any atom is -0.349 e. The molecule has 128 valence electrons. The molecule has 1 atom stereocenters. The van der Waals surface area contributed by atoms with E-state index < -0.39 is 0 Å². The number of rotatable bonds is 7. The van der Waals surface area contributed by atoms with Crippen LogP contribution >= 0.6 is 11.3 Å². The highest BCUT2D eigenvalue weighted by molar-refractivity contribution is 7.07. The number of hydrogen-bond acceptors (Lipinski definition) is 3. The van der Waals surface area contributed by atoms with Gasteiger partial charge in [-0.05, 0) is 44.6 Å². The number of carbonyl (C=O) groups is 1. The monoisotopic (exact) mass is 344 g/mol. The lowest BCUT2D eigenvalue weighted by molar-refractivity contribution is -0.122. The Morgan fingerprint density at radius 1 is 1.29 bits per heavy atom. The molecule has 24 heavy (non-hydrogen) atoms. The van der Waals surface area contributed by atoms with Gasteiger partial charge in [-0.1, -0.05) is 41.2 Å². The highest BCUT2D eigenvalue weighted by atomic mass is 32.1. The van der Waals surface area contributed by atoms with Crippen LogP contribution in [0.4, 0.5) is 0 Å². The SMILES string of the molecule is Cc1ccc(C(NC(=O)CCCn2c(C)csc2=O)C2CC2)cc1. The zero-order chi connectivity index (χ0) is 17.1. The van der Waals surface area contributed by atoms with Gasteiger partial charge in [0.05, 0.1) is 6.04 Å². The molecule has 2 aromatic rings. The van der Waals surface area contributed by atoms with Gasteiger partial charge in [0.1, 0.15) is 0 Å². The fourth-order valence-corrected chi connectivity index (χ4v) is 3.76. The van der Waals surface area contributed by atoms with Crippen molar-refractivity contribution in [2.45, 2.75) is 52.1 Å². The van der Waals surface area contributed by atoms with Crippen LogP contribution in [0.3, 0.4) is 0 Å². The second kappa shape index (κ2) is 7.34. The Morgan fingerprint density at radius 3 is 2.58 bits per heavy atom. The normalized spacial score (nSPS) is 15.2. The second-order valence-corrected chi connectivity index (χ2v) is 7.51. The molecule has 1 N–H and O–H groups in total. The minimum atomic E-state index is 0.0587. The summed E-state index contributed by atoms with van der Waals surface area (Å²) in [7, 11) is 0. The van der Waals surface area contributed by atoms with E-state index in [0.717, 1.165) is 5.69 Å². The van der Waals surface area contributed by atoms with Crippen molar-refractivity contribution in [1.82, 2.24) is 9.88 Å². The maximum Gasteiger partial charge on any atom is 0.307 e. The lowest BCUT2D eigenvalue weighted by atomic mass is 10.0. The molecule has 1 aliphatic carbocycles. The third kappa shape index (κ3) is 4.15. The number of aromatic nitrogens is 1. The van der Waals surface area contributed by atoms with Crippen LogP contribution in [0.1, 0.15) is 48.5 Å². The van der Waals surface area contributed by atoms with Gasteiger partial charge in [0.25, 0.3) is 0 Å². The van der Waals surface area contributed by atoms with Crippen molar-refractivity contribution in [3.8, 4) is 0 Å². The first-order chi connectivity index (χ1) is 11.5. The molecule has 4 nitrogen and oxygen atoms in total. The van der Waals surface area contributed by atoms with E-state index in [9.17, 15) is 9.59 Å². The number of nitrogens with zero attached hydrogens (tertiary/aromatic N) is 1. The first-order valence-electron chi connectivity index (χ1n) is 8.55. The van der Waals surface area contributed by atoms with Crippen molar-refractivity contribution in [3.63, 3.8) is 0 Å². The van der Waals surface area contributed by atoms with E-state index in [1.165, 1.54) is 35.3 Å². The number of hydrogen-bond donors (Lipinski definition) is 1. The van der Waals surface area contributed by atoms with Crippen molar-refractivity contribution >= 4 is 17.2 Å². The fraction of sp³-hybridized carbons (Fsp3) is 0.474. The summed E-state index contributed by atoms with van der Waals surface area (Å²) in [4.78, 5) is 24.1. The summed E-state index contributed by atoms with van der Waals surface area (Å²) in [5, 5.41) is 5.06. The highest BCUT2D eigenvalue weighted by Crippen LogP contribution is 2.41. The summed E-state index contributed by atoms with van der Waals surface area (Å²) in [6.45, 7) is 4.61. The third-order valence-corrected chi connectivity index (χ3v) is 5.49. The van der Waals surface area contributed by atoms with Crippen LogP contribution in [-0.4, -0.2) is 10.5 Å². The van der Waals surface area contributed by atoms with Crippen LogP contribution in [0, 0.1) is 19.8 Å². The topological polar surface area (TPSA) is 51.1 Å². The molecule has 3 rings (SSSR count). The molecule has 1 saturated carbocycles. The first-order valence-corrected chi connectivity index (χ1v) is 9.43. The van der Waals surface area contributed by atoms with Crippen molar-refractivity contribution < 1.29 is 4.79 Å². The lowest BCUT2D eigenvalue weighted by Crippen LogP contribution is -2.30. The standard InChI is InChI=1S/C19H24N2O2S/c1-13-5-7-15(8-6-13)18(16-9-10-16)20-17(22)4-3-11-21-14(2)12-24-19(21)23/h5-8,12,16,18H,3-4,9-11H2,1-2H3,(H,20,22). The summed E-state index contributed by atoms with van der Waals surface area (Å²) in [5.74, 6) is 0.645. The fourth-order valence-electron chi connectivity index (χ4n) is 2.99. The molecule has 1 amide bonds. The average molecular weight is 344 g/mol. The van der Waals surface area contributed by atoms with E-state index in [1.54, 1.807) is 4.57 Å². The summed E-state index contributed by atoms with van der Waals surface area (Å²) < 4.78 is 1.75. The molecule has 0 radical (unpaired) electrons.